The molecular formula is C25H33N3O. The number of hydrogen-bond acceptors (Lipinski definition) is 3. The van der Waals surface area contributed by atoms with Crippen LogP contribution in [0.3, 0.4) is 0 Å². The molecule has 2 saturated heterocycles. The Kier molecular flexibility index (Phi) is 6.96. The molecule has 29 heavy (non-hydrogen) atoms. The van der Waals surface area contributed by atoms with Crippen LogP contribution in [0.25, 0.3) is 0 Å². The monoisotopic (exact) mass is 391 g/mol. The van der Waals surface area contributed by atoms with Crippen LogP contribution in [0.1, 0.15) is 36.8 Å². The van der Waals surface area contributed by atoms with Crippen molar-refractivity contribution in [2.45, 2.75) is 44.8 Å². The van der Waals surface area contributed by atoms with Gasteiger partial charge < -0.3 is 5.32 Å². The van der Waals surface area contributed by atoms with Crippen LogP contribution < -0.4 is 5.32 Å². The van der Waals surface area contributed by atoms with Gasteiger partial charge in [-0.3, -0.25) is 14.6 Å². The third-order valence-electron chi connectivity index (χ3n) is 6.46. The largest absolute Gasteiger partial charge is 0.352 e. The number of piperidine rings is 2. The van der Waals surface area contributed by atoms with Crippen molar-refractivity contribution in [3.05, 3.63) is 71.8 Å². The molecule has 2 aliphatic heterocycles. The van der Waals surface area contributed by atoms with E-state index in [0.717, 1.165) is 45.6 Å². The third-order valence-corrected chi connectivity index (χ3v) is 6.46. The molecule has 4 rings (SSSR count). The fourth-order valence-corrected chi connectivity index (χ4v) is 4.77. The summed E-state index contributed by atoms with van der Waals surface area (Å²) in [5, 5.41) is 3.15. The molecular weight excluding hydrogens is 358 g/mol. The molecule has 2 fully saturated rings. The number of likely N-dealkylation sites (tertiary alicyclic amines) is 2. The van der Waals surface area contributed by atoms with Crippen LogP contribution in [0.5, 0.6) is 0 Å². The van der Waals surface area contributed by atoms with Crippen molar-refractivity contribution in [2.75, 3.05) is 26.2 Å². The van der Waals surface area contributed by atoms with E-state index < -0.39 is 0 Å². The summed E-state index contributed by atoms with van der Waals surface area (Å²) in [6.07, 6.45) is 4.58. The quantitative estimate of drug-likeness (QED) is 0.816. The number of hydrogen-bond donors (Lipinski definition) is 1. The van der Waals surface area contributed by atoms with Crippen LogP contribution in [0.15, 0.2) is 60.7 Å². The van der Waals surface area contributed by atoms with Gasteiger partial charge in [0.15, 0.2) is 0 Å². The number of rotatable bonds is 6. The second-order valence-electron chi connectivity index (χ2n) is 8.53. The van der Waals surface area contributed by atoms with Crippen molar-refractivity contribution in [3.8, 4) is 0 Å². The lowest BCUT2D eigenvalue weighted by Gasteiger charge is -2.42. The molecule has 2 aromatic rings. The van der Waals surface area contributed by atoms with E-state index in [9.17, 15) is 4.79 Å². The van der Waals surface area contributed by atoms with Gasteiger partial charge >= 0.3 is 0 Å². The molecule has 0 aliphatic carbocycles. The lowest BCUT2D eigenvalue weighted by atomic mass is 9.93. The summed E-state index contributed by atoms with van der Waals surface area (Å²) in [4.78, 5) is 17.9. The third kappa shape index (κ3) is 5.68. The number of carbonyl (C=O) groups excluding carboxylic acids is 1. The van der Waals surface area contributed by atoms with E-state index in [-0.39, 0.29) is 11.8 Å². The standard InChI is InChI=1S/C25H33N3O/c29-25(26-18-21-8-3-1-4-9-21)23-12-7-15-28(20-23)24-13-16-27(17-14-24)19-22-10-5-2-6-11-22/h1-6,8-11,23-24H,7,12-20H2,(H,26,29)/t23-/m1/s1. The SMILES string of the molecule is O=C(NCc1ccccc1)[C@@H]1CCCN(C2CCN(Cc3ccccc3)CC2)C1. The van der Waals surface area contributed by atoms with Crippen LogP contribution >= 0.6 is 0 Å². The molecule has 0 bridgehead atoms. The van der Waals surface area contributed by atoms with Gasteiger partial charge in [0.1, 0.15) is 0 Å². The van der Waals surface area contributed by atoms with E-state index in [1.165, 1.54) is 24.0 Å². The maximum atomic E-state index is 12.7. The van der Waals surface area contributed by atoms with Crippen molar-refractivity contribution in [2.24, 2.45) is 5.92 Å². The zero-order valence-corrected chi connectivity index (χ0v) is 17.3. The van der Waals surface area contributed by atoms with Gasteiger partial charge in [-0.1, -0.05) is 60.7 Å². The predicted molar refractivity (Wildman–Crippen MR) is 117 cm³/mol. The van der Waals surface area contributed by atoms with E-state index in [4.69, 9.17) is 0 Å². The molecule has 4 heteroatoms. The molecule has 0 unspecified atom stereocenters. The van der Waals surface area contributed by atoms with Crippen LogP contribution in [0.2, 0.25) is 0 Å². The predicted octanol–water partition coefficient (Wildman–Crippen LogP) is 3.68. The molecule has 0 aromatic heterocycles. The highest BCUT2D eigenvalue weighted by Gasteiger charge is 2.31. The zero-order chi connectivity index (χ0) is 19.9. The molecule has 0 spiro atoms. The Bertz CT molecular complexity index is 756. The number of amides is 1. The lowest BCUT2D eigenvalue weighted by molar-refractivity contribution is -0.127. The van der Waals surface area contributed by atoms with Crippen molar-refractivity contribution < 1.29 is 4.79 Å². The molecule has 4 nitrogen and oxygen atoms in total. The molecule has 1 N–H and O–H groups in total. The van der Waals surface area contributed by atoms with E-state index in [1.54, 1.807) is 0 Å². The highest BCUT2D eigenvalue weighted by atomic mass is 16.1. The number of benzene rings is 2. The first-order valence-corrected chi connectivity index (χ1v) is 11.1. The summed E-state index contributed by atoms with van der Waals surface area (Å²) in [7, 11) is 0. The highest BCUT2D eigenvalue weighted by Crippen LogP contribution is 2.24. The van der Waals surface area contributed by atoms with Gasteiger partial charge in [-0.2, -0.15) is 0 Å². The number of nitrogens with one attached hydrogen (secondary N) is 1. The van der Waals surface area contributed by atoms with Crippen molar-refractivity contribution in [1.29, 1.82) is 0 Å². The Morgan fingerprint density at radius 2 is 1.52 bits per heavy atom. The van der Waals surface area contributed by atoms with Crippen LogP contribution in [0.4, 0.5) is 0 Å². The summed E-state index contributed by atoms with van der Waals surface area (Å²) in [5.74, 6) is 0.356. The second-order valence-corrected chi connectivity index (χ2v) is 8.53. The van der Waals surface area contributed by atoms with Gasteiger partial charge in [0, 0.05) is 25.7 Å². The molecule has 2 aliphatic rings. The van der Waals surface area contributed by atoms with Gasteiger partial charge in [-0.25, -0.2) is 0 Å². The van der Waals surface area contributed by atoms with Gasteiger partial charge in [0.25, 0.3) is 0 Å². The van der Waals surface area contributed by atoms with Gasteiger partial charge in [-0.15, -0.1) is 0 Å². The first-order chi connectivity index (χ1) is 14.3. The second kappa shape index (κ2) is 10.0. The minimum atomic E-state index is 0.134. The summed E-state index contributed by atoms with van der Waals surface area (Å²) in [5.41, 5.74) is 2.57. The van der Waals surface area contributed by atoms with Crippen LogP contribution in [-0.2, 0) is 17.9 Å². The summed E-state index contributed by atoms with van der Waals surface area (Å²) in [6.45, 7) is 6.06. The zero-order valence-electron chi connectivity index (χ0n) is 17.3. The first kappa shape index (κ1) is 20.1. The minimum Gasteiger partial charge on any atom is -0.352 e. The molecule has 2 aromatic carbocycles. The summed E-state index contributed by atoms with van der Waals surface area (Å²) < 4.78 is 0. The molecule has 0 saturated carbocycles. The van der Waals surface area contributed by atoms with Gasteiger partial charge in [-0.05, 0) is 56.4 Å². The molecule has 1 atom stereocenters. The van der Waals surface area contributed by atoms with Crippen molar-refractivity contribution in [1.82, 2.24) is 15.1 Å². The Hall–Kier alpha value is -2.17. The van der Waals surface area contributed by atoms with E-state index in [1.807, 2.05) is 18.2 Å². The lowest BCUT2D eigenvalue weighted by Crippen LogP contribution is -2.50. The van der Waals surface area contributed by atoms with E-state index in [0.29, 0.717) is 12.6 Å². The maximum absolute atomic E-state index is 12.7. The van der Waals surface area contributed by atoms with Crippen molar-refractivity contribution >= 4 is 5.91 Å². The first-order valence-electron chi connectivity index (χ1n) is 11.1. The highest BCUT2D eigenvalue weighted by molar-refractivity contribution is 5.79. The van der Waals surface area contributed by atoms with Crippen molar-refractivity contribution in [3.63, 3.8) is 0 Å². The average Bonchev–Trinajstić information content (AvgIpc) is 2.79. The number of carbonyl (C=O) groups is 1. The summed E-state index contributed by atoms with van der Waals surface area (Å²) in [6, 6.07) is 21.6. The Balaban J connectivity index is 1.23. The molecule has 1 amide bonds. The van der Waals surface area contributed by atoms with Crippen LogP contribution in [-0.4, -0.2) is 47.9 Å². The Morgan fingerprint density at radius 3 is 2.21 bits per heavy atom. The Labute approximate surface area is 174 Å². The Morgan fingerprint density at radius 1 is 0.862 bits per heavy atom. The molecule has 2 heterocycles. The van der Waals surface area contributed by atoms with Gasteiger partial charge in [0.2, 0.25) is 5.91 Å². The van der Waals surface area contributed by atoms with Gasteiger partial charge in [0.05, 0.1) is 5.92 Å². The topological polar surface area (TPSA) is 35.6 Å². The average molecular weight is 392 g/mol. The minimum absolute atomic E-state index is 0.134. The molecule has 154 valence electrons. The smallest absolute Gasteiger partial charge is 0.224 e. The number of nitrogens with zero attached hydrogens (tertiary/aromatic N) is 2. The fourth-order valence-electron chi connectivity index (χ4n) is 4.77. The normalized spacial score (nSPS) is 21.7. The fraction of sp³-hybridized carbons (Fsp3) is 0.480. The van der Waals surface area contributed by atoms with Crippen LogP contribution in [0, 0.1) is 5.92 Å². The molecule has 0 radical (unpaired) electrons. The maximum Gasteiger partial charge on any atom is 0.224 e. The van der Waals surface area contributed by atoms with E-state index >= 15 is 0 Å². The summed E-state index contributed by atoms with van der Waals surface area (Å²) >= 11 is 0. The van der Waals surface area contributed by atoms with E-state index in [2.05, 4.69) is 57.6 Å².